The molecule has 6 heteroatoms. The largest absolute Gasteiger partial charge is 0.370 e. The third-order valence-electron chi connectivity index (χ3n) is 4.44. The highest BCUT2D eigenvalue weighted by Gasteiger charge is 2.17. The molecule has 27 heavy (non-hydrogen) atoms. The van der Waals surface area contributed by atoms with Gasteiger partial charge in [-0.15, -0.1) is 11.3 Å². The molecule has 0 amide bonds. The van der Waals surface area contributed by atoms with Crippen molar-refractivity contribution in [1.29, 1.82) is 0 Å². The number of hydrogen-bond donors (Lipinski definition) is 3. The number of nitrogens with one attached hydrogen (secondary N) is 2. The smallest absolute Gasteiger partial charge is 0.195 e. The molecular weight excluding hydrogens is 354 g/mol. The first-order valence-corrected chi connectivity index (χ1v) is 9.59. The number of aromatic amines is 1. The fourth-order valence-corrected chi connectivity index (χ4v) is 4.00. The molecule has 0 bridgehead atoms. The fourth-order valence-electron chi connectivity index (χ4n) is 3.17. The van der Waals surface area contributed by atoms with Crippen LogP contribution in [0.5, 0.6) is 0 Å². The van der Waals surface area contributed by atoms with Gasteiger partial charge in [0.05, 0.1) is 12.2 Å². The molecule has 4 aromatic rings. The van der Waals surface area contributed by atoms with Crippen LogP contribution in [0.4, 0.5) is 5.13 Å². The predicted octanol–water partition coefficient (Wildman–Crippen LogP) is 4.84. The molecule has 0 unspecified atom stereocenters. The highest BCUT2D eigenvalue weighted by atomic mass is 32.1. The number of fused-ring (bicyclic) bond motifs is 1. The minimum Gasteiger partial charge on any atom is -0.370 e. The van der Waals surface area contributed by atoms with Crippen LogP contribution < -0.4 is 11.1 Å². The highest BCUT2D eigenvalue weighted by molar-refractivity contribution is 7.16. The lowest BCUT2D eigenvalue weighted by atomic mass is 10.1. The lowest BCUT2D eigenvalue weighted by Crippen LogP contribution is -2.22. The van der Waals surface area contributed by atoms with Gasteiger partial charge in [0.1, 0.15) is 0 Å². The Bertz CT molecular complexity index is 1110. The zero-order chi connectivity index (χ0) is 18.8. The van der Waals surface area contributed by atoms with Gasteiger partial charge >= 0.3 is 0 Å². The van der Waals surface area contributed by atoms with Crippen LogP contribution in [0.15, 0.2) is 59.6 Å². The van der Waals surface area contributed by atoms with Crippen molar-refractivity contribution in [2.45, 2.75) is 20.4 Å². The van der Waals surface area contributed by atoms with Gasteiger partial charge in [-0.1, -0.05) is 48.5 Å². The Labute approximate surface area is 162 Å². The minimum absolute atomic E-state index is 0.370. The molecule has 2 aromatic heterocycles. The zero-order valence-electron chi connectivity index (χ0n) is 15.3. The maximum absolute atomic E-state index is 6.05. The van der Waals surface area contributed by atoms with Crippen molar-refractivity contribution in [2.24, 2.45) is 10.7 Å². The average Bonchev–Trinajstić information content (AvgIpc) is 3.19. The summed E-state index contributed by atoms with van der Waals surface area (Å²) in [5, 5.41) is 5.06. The first kappa shape index (κ1) is 17.3. The van der Waals surface area contributed by atoms with E-state index in [2.05, 4.69) is 41.3 Å². The Hall–Kier alpha value is -3.12. The fraction of sp³-hybridized carbons (Fsp3) is 0.143. The molecule has 0 aliphatic carbocycles. The molecule has 0 saturated heterocycles. The number of aryl methyl sites for hydroxylation is 2. The molecule has 0 spiro atoms. The van der Waals surface area contributed by atoms with Crippen molar-refractivity contribution in [3.8, 4) is 11.3 Å². The number of aromatic nitrogens is 2. The molecule has 5 nitrogen and oxygen atoms in total. The van der Waals surface area contributed by atoms with E-state index in [1.54, 1.807) is 11.3 Å². The van der Waals surface area contributed by atoms with Crippen LogP contribution in [0.25, 0.3) is 22.2 Å². The molecule has 0 atom stereocenters. The SMILES string of the molecule is Cc1[nH]c2ccccc2c1-c1nc(NC(N)=NCc2ccccc2)sc1C. The van der Waals surface area contributed by atoms with Crippen molar-refractivity contribution < 1.29 is 0 Å². The van der Waals surface area contributed by atoms with Crippen LogP contribution in [0.1, 0.15) is 16.1 Å². The second-order valence-electron chi connectivity index (χ2n) is 6.41. The summed E-state index contributed by atoms with van der Waals surface area (Å²) < 4.78 is 0. The van der Waals surface area contributed by atoms with Crippen LogP contribution in [0.3, 0.4) is 0 Å². The van der Waals surface area contributed by atoms with Crippen molar-refractivity contribution in [1.82, 2.24) is 9.97 Å². The summed E-state index contributed by atoms with van der Waals surface area (Å²) in [6.07, 6.45) is 0. The molecule has 2 heterocycles. The molecule has 0 radical (unpaired) electrons. The van der Waals surface area contributed by atoms with E-state index >= 15 is 0 Å². The molecule has 4 N–H and O–H groups in total. The number of H-pyrrole nitrogens is 1. The number of hydrogen-bond acceptors (Lipinski definition) is 3. The highest BCUT2D eigenvalue weighted by Crippen LogP contribution is 2.36. The number of aliphatic imine (C=N–C) groups is 1. The Kier molecular flexibility index (Phi) is 4.64. The summed E-state index contributed by atoms with van der Waals surface area (Å²) in [5.41, 5.74) is 11.5. The first-order chi connectivity index (χ1) is 13.1. The lowest BCUT2D eigenvalue weighted by Gasteiger charge is -2.02. The number of rotatable bonds is 4. The average molecular weight is 376 g/mol. The first-order valence-electron chi connectivity index (χ1n) is 8.78. The number of thiazole rings is 1. The summed E-state index contributed by atoms with van der Waals surface area (Å²) in [7, 11) is 0. The standard InChI is InChI=1S/C21H21N5S/c1-13-18(16-10-6-7-11-17(16)24-13)19-14(2)27-21(25-19)26-20(22)23-12-15-8-4-3-5-9-15/h3-11,24H,12H2,1-2H3,(H3,22,23,25,26). The van der Waals surface area contributed by atoms with Crippen LogP contribution in [0, 0.1) is 13.8 Å². The van der Waals surface area contributed by atoms with Crippen LogP contribution in [-0.4, -0.2) is 15.9 Å². The van der Waals surface area contributed by atoms with Crippen molar-refractivity contribution >= 4 is 33.3 Å². The van der Waals surface area contributed by atoms with E-state index in [1.165, 1.54) is 5.39 Å². The van der Waals surface area contributed by atoms with Gasteiger partial charge in [0.2, 0.25) is 0 Å². The van der Waals surface area contributed by atoms with Crippen LogP contribution in [-0.2, 0) is 6.54 Å². The quantitative estimate of drug-likeness (QED) is 0.353. The van der Waals surface area contributed by atoms with Gasteiger partial charge in [-0.2, -0.15) is 0 Å². The summed E-state index contributed by atoms with van der Waals surface area (Å²) in [5.74, 6) is 0.370. The van der Waals surface area contributed by atoms with E-state index in [0.717, 1.165) is 38.0 Å². The summed E-state index contributed by atoms with van der Waals surface area (Å²) in [6.45, 7) is 4.70. The number of nitrogens with zero attached hydrogens (tertiary/aromatic N) is 2. The molecule has 136 valence electrons. The number of anilines is 1. The Morgan fingerprint density at radius 3 is 2.67 bits per heavy atom. The number of guanidine groups is 1. The zero-order valence-corrected chi connectivity index (χ0v) is 16.1. The molecule has 0 aliphatic rings. The lowest BCUT2D eigenvalue weighted by molar-refractivity contribution is 1.06. The van der Waals surface area contributed by atoms with Crippen molar-refractivity contribution in [2.75, 3.05) is 5.32 Å². The third kappa shape index (κ3) is 3.57. The summed E-state index contributed by atoms with van der Waals surface area (Å²) in [6, 6.07) is 18.3. The maximum Gasteiger partial charge on any atom is 0.195 e. The van der Waals surface area contributed by atoms with E-state index in [9.17, 15) is 0 Å². The van der Waals surface area contributed by atoms with Crippen molar-refractivity contribution in [3.05, 3.63) is 70.7 Å². The number of benzene rings is 2. The van der Waals surface area contributed by atoms with Crippen LogP contribution >= 0.6 is 11.3 Å². The second kappa shape index (κ2) is 7.25. The second-order valence-corrected chi connectivity index (χ2v) is 7.61. The summed E-state index contributed by atoms with van der Waals surface area (Å²) in [4.78, 5) is 13.8. The van der Waals surface area contributed by atoms with Gasteiger partial charge in [-0.05, 0) is 25.5 Å². The van der Waals surface area contributed by atoms with Gasteiger partial charge in [0.15, 0.2) is 11.1 Å². The minimum atomic E-state index is 0.370. The van der Waals surface area contributed by atoms with E-state index in [1.807, 2.05) is 42.5 Å². The monoisotopic (exact) mass is 375 g/mol. The summed E-state index contributed by atoms with van der Waals surface area (Å²) >= 11 is 1.58. The van der Waals surface area contributed by atoms with Gasteiger partial charge in [-0.3, -0.25) is 0 Å². The maximum atomic E-state index is 6.05. The van der Waals surface area contributed by atoms with Crippen molar-refractivity contribution in [3.63, 3.8) is 0 Å². The van der Waals surface area contributed by atoms with Gasteiger partial charge in [-0.25, -0.2) is 9.98 Å². The Morgan fingerprint density at radius 2 is 1.85 bits per heavy atom. The number of para-hydroxylation sites is 1. The predicted molar refractivity (Wildman–Crippen MR) is 114 cm³/mol. The van der Waals surface area contributed by atoms with E-state index in [4.69, 9.17) is 10.7 Å². The molecular formula is C21H21N5S. The van der Waals surface area contributed by atoms with Gasteiger partial charge in [0, 0.05) is 27.0 Å². The van der Waals surface area contributed by atoms with E-state index < -0.39 is 0 Å². The molecule has 4 rings (SSSR count). The van der Waals surface area contributed by atoms with Gasteiger partial charge < -0.3 is 16.0 Å². The topological polar surface area (TPSA) is 79.1 Å². The number of nitrogens with two attached hydrogens (primary N) is 1. The molecule has 2 aromatic carbocycles. The third-order valence-corrected chi connectivity index (χ3v) is 5.32. The molecule has 0 saturated carbocycles. The molecule has 0 aliphatic heterocycles. The normalized spacial score (nSPS) is 11.9. The van der Waals surface area contributed by atoms with E-state index in [0.29, 0.717) is 12.5 Å². The van der Waals surface area contributed by atoms with Gasteiger partial charge in [0.25, 0.3) is 0 Å². The van der Waals surface area contributed by atoms with E-state index in [-0.39, 0.29) is 0 Å². The molecule has 0 fully saturated rings. The Morgan fingerprint density at radius 1 is 1.11 bits per heavy atom. The van der Waals surface area contributed by atoms with Crippen LogP contribution in [0.2, 0.25) is 0 Å². The Balaban J connectivity index is 1.59.